The lowest BCUT2D eigenvalue weighted by Crippen LogP contribution is -2.39. The first-order chi connectivity index (χ1) is 12.5. The molecule has 0 bridgehead atoms. The number of aromatic nitrogens is 5. The van der Waals surface area contributed by atoms with Crippen molar-refractivity contribution in [3.8, 4) is 0 Å². The molecule has 1 atom stereocenters. The molecule has 4 heterocycles. The summed E-state index contributed by atoms with van der Waals surface area (Å²) in [5.41, 5.74) is 3.77. The van der Waals surface area contributed by atoms with E-state index in [9.17, 15) is 4.79 Å². The van der Waals surface area contributed by atoms with Gasteiger partial charge in [0.2, 0.25) is 0 Å². The summed E-state index contributed by atoms with van der Waals surface area (Å²) in [5.74, 6) is 0.0783. The lowest BCUT2D eigenvalue weighted by atomic mass is 9.93. The molecule has 1 aliphatic rings. The summed E-state index contributed by atoms with van der Waals surface area (Å²) < 4.78 is 3.63. The highest BCUT2D eigenvalue weighted by Gasteiger charge is 2.32. The molecule has 9 nitrogen and oxygen atoms in total. The number of nitrogens with one attached hydrogen (secondary N) is 1. The number of amides is 1. The quantitative estimate of drug-likeness (QED) is 0.665. The monoisotopic (exact) mass is 356 g/mol. The van der Waals surface area contributed by atoms with E-state index in [0.717, 1.165) is 17.0 Å². The van der Waals surface area contributed by atoms with Crippen LogP contribution < -0.4 is 0 Å². The molecule has 1 amide bonds. The number of nitrogens with zero attached hydrogens (tertiary/aromatic N) is 5. The van der Waals surface area contributed by atoms with Crippen LogP contribution in [0.15, 0.2) is 37.1 Å². The Morgan fingerprint density at radius 1 is 1.42 bits per heavy atom. The molecule has 2 N–H and O–H groups in total. The van der Waals surface area contributed by atoms with Gasteiger partial charge in [-0.25, -0.2) is 4.98 Å². The predicted octanol–water partition coefficient (Wildman–Crippen LogP) is 0.970. The van der Waals surface area contributed by atoms with Crippen molar-refractivity contribution in [3.05, 3.63) is 59.7 Å². The van der Waals surface area contributed by atoms with Gasteiger partial charge in [0, 0.05) is 44.5 Å². The first-order valence-corrected chi connectivity index (χ1v) is 8.04. The van der Waals surface area contributed by atoms with Crippen LogP contribution in [-0.2, 0) is 25.4 Å². The van der Waals surface area contributed by atoms with Crippen LogP contribution in [0.25, 0.3) is 0 Å². The number of aryl methyl sites for hydroxylation is 2. The molecule has 9 heteroatoms. The molecular weight excluding hydrogens is 336 g/mol. The van der Waals surface area contributed by atoms with E-state index >= 15 is 0 Å². The van der Waals surface area contributed by atoms with Crippen molar-refractivity contribution in [1.29, 1.82) is 0 Å². The maximum absolute atomic E-state index is 12.8. The fourth-order valence-electron chi connectivity index (χ4n) is 3.20. The van der Waals surface area contributed by atoms with E-state index < -0.39 is 0 Å². The molecular formula is C17H20N6O3. The maximum atomic E-state index is 12.8. The van der Waals surface area contributed by atoms with Crippen molar-refractivity contribution in [2.24, 2.45) is 14.1 Å². The van der Waals surface area contributed by atoms with Gasteiger partial charge in [-0.2, -0.15) is 5.10 Å². The number of carboxylic acid groups (broad SMARTS) is 1. The number of aromatic amines is 1. The second-order valence-electron chi connectivity index (χ2n) is 6.06. The lowest BCUT2D eigenvalue weighted by molar-refractivity contribution is -0.122. The van der Waals surface area contributed by atoms with Crippen molar-refractivity contribution in [3.63, 3.8) is 0 Å². The minimum atomic E-state index is -0.250. The number of fused-ring (bicyclic) bond motifs is 1. The number of imidazole rings is 1. The van der Waals surface area contributed by atoms with Gasteiger partial charge in [-0.05, 0) is 12.1 Å². The topological polar surface area (TPSA) is 109 Å². The Labute approximate surface area is 149 Å². The molecule has 0 saturated carbocycles. The predicted molar refractivity (Wildman–Crippen MR) is 92.5 cm³/mol. The second kappa shape index (κ2) is 7.26. The first kappa shape index (κ1) is 17.5. The van der Waals surface area contributed by atoms with Gasteiger partial charge in [-0.15, -0.1) is 0 Å². The van der Waals surface area contributed by atoms with Crippen molar-refractivity contribution in [2.45, 2.75) is 12.5 Å². The summed E-state index contributed by atoms with van der Waals surface area (Å²) in [6.45, 7) is 0.906. The average molecular weight is 356 g/mol. The number of hydrogen-bond acceptors (Lipinski definition) is 4. The lowest BCUT2D eigenvalue weighted by Gasteiger charge is -2.31. The third kappa shape index (κ3) is 3.23. The van der Waals surface area contributed by atoms with Gasteiger partial charge < -0.3 is 19.6 Å². The smallest absolute Gasteiger partial charge is 0.290 e. The van der Waals surface area contributed by atoms with Gasteiger partial charge >= 0.3 is 0 Å². The maximum Gasteiger partial charge on any atom is 0.290 e. The zero-order chi connectivity index (χ0) is 18.7. The van der Waals surface area contributed by atoms with Gasteiger partial charge in [0.15, 0.2) is 0 Å². The molecule has 0 aromatic carbocycles. The minimum absolute atomic E-state index is 0.0339. The Morgan fingerprint density at radius 3 is 2.81 bits per heavy atom. The van der Waals surface area contributed by atoms with Crippen LogP contribution in [0.2, 0.25) is 0 Å². The van der Waals surface area contributed by atoms with E-state index in [-0.39, 0.29) is 18.3 Å². The normalized spacial score (nSPS) is 15.8. The fraction of sp³-hybridized carbons (Fsp3) is 0.294. The van der Waals surface area contributed by atoms with Crippen LogP contribution in [0.4, 0.5) is 0 Å². The number of carbonyl (C=O) groups excluding carboxylic acids is 1. The van der Waals surface area contributed by atoms with E-state index in [1.807, 2.05) is 54.3 Å². The van der Waals surface area contributed by atoms with Crippen molar-refractivity contribution < 1.29 is 14.7 Å². The number of carbonyl (C=O) groups is 2. The second-order valence-corrected chi connectivity index (χ2v) is 6.06. The summed E-state index contributed by atoms with van der Waals surface area (Å²) in [6.07, 6.45) is 7.42. The molecule has 0 fully saturated rings. The zero-order valence-corrected chi connectivity index (χ0v) is 14.5. The van der Waals surface area contributed by atoms with Crippen LogP contribution in [-0.4, -0.2) is 53.2 Å². The van der Waals surface area contributed by atoms with Crippen LogP contribution in [0.3, 0.4) is 0 Å². The molecule has 0 spiro atoms. The Kier molecular flexibility index (Phi) is 4.87. The Hall–Kier alpha value is -3.36. The molecule has 3 aromatic heterocycles. The standard InChI is InChI=1S/C16H18N6O.CH2O2/c1-20-5-3-4-14(20)16(23)22-8-12(11-6-19-21(2)7-11)15-13(9-22)17-10-18-15;2-1-3/h3-7,10,12H,8-9H2,1-2H3,(H,17,18);1H,(H,2,3). The van der Waals surface area contributed by atoms with E-state index in [2.05, 4.69) is 15.1 Å². The number of H-pyrrole nitrogens is 1. The molecule has 0 aliphatic carbocycles. The summed E-state index contributed by atoms with van der Waals surface area (Å²) >= 11 is 0. The van der Waals surface area contributed by atoms with E-state index in [4.69, 9.17) is 9.90 Å². The average Bonchev–Trinajstić information content (AvgIpc) is 3.34. The number of rotatable bonds is 2. The third-order valence-corrected chi connectivity index (χ3v) is 4.41. The Bertz CT molecular complexity index is 909. The largest absolute Gasteiger partial charge is 0.483 e. The van der Waals surface area contributed by atoms with Crippen molar-refractivity contribution in [2.75, 3.05) is 6.54 Å². The first-order valence-electron chi connectivity index (χ1n) is 8.04. The van der Waals surface area contributed by atoms with Crippen LogP contribution in [0.1, 0.15) is 33.4 Å². The molecule has 1 aliphatic heterocycles. The van der Waals surface area contributed by atoms with Gasteiger partial charge in [-0.3, -0.25) is 14.3 Å². The highest BCUT2D eigenvalue weighted by atomic mass is 16.3. The Balaban J connectivity index is 0.000000613. The third-order valence-electron chi connectivity index (χ3n) is 4.41. The van der Waals surface area contributed by atoms with Crippen LogP contribution in [0.5, 0.6) is 0 Å². The van der Waals surface area contributed by atoms with E-state index in [1.54, 1.807) is 11.0 Å². The highest BCUT2D eigenvalue weighted by Crippen LogP contribution is 2.31. The molecule has 4 rings (SSSR count). The molecule has 136 valence electrons. The SMILES string of the molecule is Cn1cc(C2CN(C(=O)c3cccn3C)Cc3[nH]cnc32)cn1.O=CO. The summed E-state index contributed by atoms with van der Waals surface area (Å²) in [6, 6.07) is 3.74. The van der Waals surface area contributed by atoms with Gasteiger partial charge in [0.25, 0.3) is 12.4 Å². The molecule has 1 unspecified atom stereocenters. The highest BCUT2D eigenvalue weighted by molar-refractivity contribution is 5.93. The fourth-order valence-corrected chi connectivity index (χ4v) is 3.20. The van der Waals surface area contributed by atoms with E-state index in [1.165, 1.54) is 0 Å². The van der Waals surface area contributed by atoms with Crippen LogP contribution in [0, 0.1) is 0 Å². The van der Waals surface area contributed by atoms with Gasteiger partial charge in [0.05, 0.1) is 30.5 Å². The molecule has 3 aromatic rings. The number of hydrogen-bond donors (Lipinski definition) is 2. The molecule has 0 saturated heterocycles. The van der Waals surface area contributed by atoms with E-state index in [0.29, 0.717) is 18.8 Å². The Morgan fingerprint density at radius 2 is 2.19 bits per heavy atom. The van der Waals surface area contributed by atoms with Crippen molar-refractivity contribution in [1.82, 2.24) is 29.2 Å². The molecule has 0 radical (unpaired) electrons. The summed E-state index contributed by atoms with van der Waals surface area (Å²) in [5, 5.41) is 11.1. The summed E-state index contributed by atoms with van der Waals surface area (Å²) in [7, 11) is 3.78. The zero-order valence-electron chi connectivity index (χ0n) is 14.5. The van der Waals surface area contributed by atoms with Gasteiger partial charge in [0.1, 0.15) is 5.69 Å². The van der Waals surface area contributed by atoms with Crippen LogP contribution >= 0.6 is 0 Å². The minimum Gasteiger partial charge on any atom is -0.483 e. The van der Waals surface area contributed by atoms with Crippen molar-refractivity contribution >= 4 is 12.4 Å². The van der Waals surface area contributed by atoms with Gasteiger partial charge in [-0.1, -0.05) is 0 Å². The molecule has 26 heavy (non-hydrogen) atoms. The summed E-state index contributed by atoms with van der Waals surface area (Å²) in [4.78, 5) is 30.7.